The molecule has 1 aliphatic rings. The maximum Gasteiger partial charge on any atom is 2.00 e. The van der Waals surface area contributed by atoms with Gasteiger partial charge in [0.1, 0.15) is 5.76 Å². The average molecular weight is 690 g/mol. The Morgan fingerprint density at radius 2 is 1.15 bits per heavy atom. The zero-order valence-electron chi connectivity index (χ0n) is 21.0. The van der Waals surface area contributed by atoms with Crippen LogP contribution in [0, 0.1) is 12.7 Å². The van der Waals surface area contributed by atoms with E-state index in [0.717, 1.165) is 11.4 Å². The third-order valence-corrected chi connectivity index (χ3v) is 6.01. The number of carbonyl (C=O) groups is 1. The van der Waals surface area contributed by atoms with Gasteiger partial charge in [0, 0.05) is 34.3 Å². The molecule has 0 fully saturated rings. The first-order valence-electron chi connectivity index (χ1n) is 12.3. The number of aliphatic hydroxyl groups is 1. The van der Waals surface area contributed by atoms with Crippen LogP contribution in [0.4, 0.5) is 22.7 Å². The Morgan fingerprint density at radius 3 is 1.74 bits per heavy atom. The molecular weight excluding hydrogens is 663 g/mol. The minimum Gasteiger partial charge on any atom is -0.507 e. The molecule has 5 aromatic carbocycles. The molecule has 0 spiro atoms. The van der Waals surface area contributed by atoms with E-state index in [2.05, 4.69) is 77.1 Å². The summed E-state index contributed by atoms with van der Waals surface area (Å²) in [6.45, 7) is 2.12. The molecule has 0 aliphatic carbocycles. The van der Waals surface area contributed by atoms with Crippen molar-refractivity contribution in [1.29, 1.82) is 0 Å². The first-order chi connectivity index (χ1) is 18.7. The molecular formula is C34H26N2O2Pt. The van der Waals surface area contributed by atoms with Gasteiger partial charge in [0.15, 0.2) is 5.78 Å². The van der Waals surface area contributed by atoms with E-state index < -0.39 is 0 Å². The smallest absolute Gasteiger partial charge is 0.507 e. The Bertz CT molecular complexity index is 1440. The van der Waals surface area contributed by atoms with E-state index in [1.54, 1.807) is 36.4 Å². The normalized spacial score (nSPS) is 12.1. The second kappa shape index (κ2) is 13.4. The summed E-state index contributed by atoms with van der Waals surface area (Å²) in [5.74, 6) is -0.216. The predicted molar refractivity (Wildman–Crippen MR) is 155 cm³/mol. The zero-order valence-corrected chi connectivity index (χ0v) is 23.3. The summed E-state index contributed by atoms with van der Waals surface area (Å²) in [7, 11) is 0. The molecule has 0 radical (unpaired) electrons. The number of benzene rings is 5. The summed E-state index contributed by atoms with van der Waals surface area (Å²) in [6.07, 6.45) is 1.24. The van der Waals surface area contributed by atoms with Crippen LogP contribution in [0.25, 0.3) is 5.76 Å². The number of hydrogen-bond acceptors (Lipinski definition) is 4. The van der Waals surface area contributed by atoms with E-state index >= 15 is 0 Å². The van der Waals surface area contributed by atoms with Gasteiger partial charge in [-0.2, -0.15) is 30.3 Å². The Hall–Kier alpha value is -4.40. The van der Waals surface area contributed by atoms with Crippen LogP contribution < -0.4 is 9.80 Å². The van der Waals surface area contributed by atoms with Gasteiger partial charge in [-0.05, 0) is 24.3 Å². The Kier molecular flexibility index (Phi) is 9.50. The van der Waals surface area contributed by atoms with E-state index in [9.17, 15) is 9.90 Å². The van der Waals surface area contributed by atoms with Crippen molar-refractivity contribution in [2.75, 3.05) is 9.80 Å². The van der Waals surface area contributed by atoms with Gasteiger partial charge in [-0.1, -0.05) is 91.0 Å². The fourth-order valence-electron chi connectivity index (χ4n) is 4.13. The molecule has 0 saturated heterocycles. The van der Waals surface area contributed by atoms with Gasteiger partial charge in [-0.25, -0.2) is 0 Å². The van der Waals surface area contributed by atoms with Crippen LogP contribution in [0.2, 0.25) is 0 Å². The molecule has 0 amide bonds. The fraction of sp³-hybridized carbons (Fsp3) is 0. The molecule has 39 heavy (non-hydrogen) atoms. The number of aliphatic hydroxyl groups excluding tert-OH is 1. The first kappa shape index (κ1) is 27.6. The zero-order chi connectivity index (χ0) is 26.2. The van der Waals surface area contributed by atoms with Crippen LogP contribution in [-0.2, 0) is 21.1 Å². The topological polar surface area (TPSA) is 43.8 Å². The van der Waals surface area contributed by atoms with Crippen LogP contribution in [0.3, 0.4) is 0 Å². The molecule has 4 nitrogen and oxygen atoms in total. The molecule has 1 heterocycles. The van der Waals surface area contributed by atoms with Crippen molar-refractivity contribution >= 4 is 34.3 Å². The summed E-state index contributed by atoms with van der Waals surface area (Å²) >= 11 is 0. The Labute approximate surface area is 243 Å². The molecule has 0 aromatic heterocycles. The third kappa shape index (κ3) is 6.73. The summed E-state index contributed by atoms with van der Waals surface area (Å²) in [4.78, 5) is 16.2. The fourth-order valence-corrected chi connectivity index (χ4v) is 4.13. The van der Waals surface area contributed by atoms with Gasteiger partial charge in [0.25, 0.3) is 0 Å². The van der Waals surface area contributed by atoms with Gasteiger partial charge in [-0.15, -0.1) is 12.4 Å². The minimum atomic E-state index is -0.202. The van der Waals surface area contributed by atoms with Crippen molar-refractivity contribution in [3.8, 4) is 0 Å². The van der Waals surface area contributed by atoms with Crippen molar-refractivity contribution in [2.24, 2.45) is 0 Å². The molecule has 1 N–H and O–H groups in total. The van der Waals surface area contributed by atoms with Crippen LogP contribution in [0.1, 0.15) is 15.9 Å². The van der Waals surface area contributed by atoms with E-state index in [1.165, 1.54) is 17.5 Å². The third-order valence-electron chi connectivity index (χ3n) is 6.01. The van der Waals surface area contributed by atoms with E-state index in [4.69, 9.17) is 0 Å². The molecule has 6 rings (SSSR count). The molecule has 5 heteroatoms. The van der Waals surface area contributed by atoms with Crippen LogP contribution >= 0.6 is 0 Å². The van der Waals surface area contributed by atoms with Crippen LogP contribution in [-0.4, -0.2) is 10.9 Å². The van der Waals surface area contributed by atoms with Crippen molar-refractivity contribution in [2.45, 2.75) is 0 Å². The molecule has 0 bridgehead atoms. The van der Waals surface area contributed by atoms with Gasteiger partial charge >= 0.3 is 21.1 Å². The maximum atomic E-state index is 11.8. The Balaban J connectivity index is 0.000000181. The molecule has 0 atom stereocenters. The number of rotatable bonds is 5. The first-order valence-corrected chi connectivity index (χ1v) is 12.3. The van der Waals surface area contributed by atoms with Crippen molar-refractivity contribution in [3.63, 3.8) is 0 Å². The van der Waals surface area contributed by atoms with Crippen LogP contribution in [0.15, 0.2) is 146 Å². The summed E-state index contributed by atoms with van der Waals surface area (Å²) in [5.41, 5.74) is 5.75. The maximum absolute atomic E-state index is 11.8. The molecule has 1 aliphatic heterocycles. The number of allylic oxidation sites excluding steroid dienone is 1. The number of nitrogens with zero attached hydrogens (tertiary/aromatic N) is 2. The number of anilines is 4. The molecule has 0 unspecified atom stereocenters. The van der Waals surface area contributed by atoms with Crippen molar-refractivity contribution in [1.82, 2.24) is 0 Å². The average Bonchev–Trinajstić information content (AvgIpc) is 3.39. The second-order valence-electron chi connectivity index (χ2n) is 8.55. The van der Waals surface area contributed by atoms with Crippen molar-refractivity contribution in [3.05, 3.63) is 169 Å². The van der Waals surface area contributed by atoms with Gasteiger partial charge < -0.3 is 14.9 Å². The van der Waals surface area contributed by atoms with Crippen molar-refractivity contribution < 1.29 is 31.0 Å². The number of para-hydroxylation sites is 4. The molecule has 194 valence electrons. The van der Waals surface area contributed by atoms with Gasteiger partial charge in [0.05, 0.1) is 0 Å². The Morgan fingerprint density at radius 1 is 0.641 bits per heavy atom. The van der Waals surface area contributed by atoms with E-state index in [-0.39, 0.29) is 32.6 Å². The number of carbonyl (C=O) groups excluding carboxylic acids is 1. The largest absolute Gasteiger partial charge is 2.00 e. The number of ketones is 1. The molecule has 5 aromatic rings. The van der Waals surface area contributed by atoms with Crippen LogP contribution in [0.5, 0.6) is 0 Å². The SMILES string of the molecule is O=C(C=C(O)c1ccccc1)c1ccccc1.[Pt+2].[c-]1ccccc1N1[CH-]N(c2ccccc2)c2ccccc21. The summed E-state index contributed by atoms with van der Waals surface area (Å²) < 4.78 is 0. The predicted octanol–water partition coefficient (Wildman–Crippen LogP) is 8.36. The summed E-state index contributed by atoms with van der Waals surface area (Å²) in [5, 5.41) is 9.79. The number of fused-ring (bicyclic) bond motifs is 1. The quantitative estimate of drug-likeness (QED) is 0.0873. The summed E-state index contributed by atoms with van der Waals surface area (Å²) in [6, 6.07) is 48.0. The number of hydrogen-bond donors (Lipinski definition) is 1. The standard InChI is InChI=1S/C19H14N2.C15H12O2.Pt/c1-3-9-16(10-4-1)20-15-21(17-11-5-2-6-12-17)19-14-8-7-13-18(19)20;16-14(12-7-3-1-4-8-12)11-15(17)13-9-5-2-6-10-13;/h1-11,13-15H;1-11,16H;/q-2;;+2. The van der Waals surface area contributed by atoms with E-state index in [0.29, 0.717) is 11.1 Å². The molecule has 0 saturated carbocycles. The van der Waals surface area contributed by atoms with Gasteiger partial charge in [-0.3, -0.25) is 4.79 Å². The monoisotopic (exact) mass is 689 g/mol. The van der Waals surface area contributed by atoms with E-state index in [1.807, 2.05) is 48.5 Å². The second-order valence-corrected chi connectivity index (χ2v) is 8.55. The minimum absolute atomic E-state index is 0. The van der Waals surface area contributed by atoms with Gasteiger partial charge in [0.2, 0.25) is 0 Å².